The molecule has 1 aliphatic heterocycles. The third-order valence-corrected chi connectivity index (χ3v) is 6.80. The molecule has 1 saturated heterocycles. The number of rotatable bonds is 8. The summed E-state index contributed by atoms with van der Waals surface area (Å²) >= 11 is 0. The first-order chi connectivity index (χ1) is 14.2. The zero-order chi connectivity index (χ0) is 23.4. The van der Waals surface area contributed by atoms with Crippen molar-refractivity contribution in [1.82, 2.24) is 14.9 Å². The quantitative estimate of drug-likeness (QED) is 0.577. The molecule has 0 bridgehead atoms. The molecule has 0 aliphatic carbocycles. The maximum absolute atomic E-state index is 13.5. The monoisotopic (exact) mass is 467 g/mol. The van der Waals surface area contributed by atoms with Crippen molar-refractivity contribution >= 4 is 15.9 Å². The maximum atomic E-state index is 13.5. The van der Waals surface area contributed by atoms with Gasteiger partial charge < -0.3 is 10.2 Å². The van der Waals surface area contributed by atoms with Crippen LogP contribution in [0.4, 0.5) is 17.6 Å². The molecule has 0 spiro atoms. The number of sulfonamides is 1. The van der Waals surface area contributed by atoms with E-state index in [0.717, 1.165) is 18.9 Å². The lowest BCUT2D eigenvalue weighted by Gasteiger charge is -2.37. The minimum Gasteiger partial charge on any atom is -0.352 e. The number of amides is 1. The number of nitrogens with zero attached hydrogens (tertiary/aromatic N) is 1. The molecule has 6 nitrogen and oxygen atoms in total. The molecule has 0 unspecified atom stereocenters. The van der Waals surface area contributed by atoms with Crippen LogP contribution in [0.5, 0.6) is 0 Å². The van der Waals surface area contributed by atoms with Gasteiger partial charge in [-0.15, -0.1) is 0 Å². The fraction of sp³-hybridized carbons (Fsp3) is 0.650. The van der Waals surface area contributed by atoms with Gasteiger partial charge in [-0.2, -0.15) is 13.2 Å². The van der Waals surface area contributed by atoms with E-state index < -0.39 is 39.0 Å². The molecule has 1 aliphatic rings. The largest absolute Gasteiger partial charge is 0.416 e. The van der Waals surface area contributed by atoms with Crippen LogP contribution >= 0.6 is 0 Å². The first-order valence-electron chi connectivity index (χ1n) is 10.1. The van der Waals surface area contributed by atoms with Crippen LogP contribution in [0.3, 0.4) is 0 Å². The van der Waals surface area contributed by atoms with Gasteiger partial charge in [0.25, 0.3) is 5.91 Å². The molecule has 176 valence electrons. The highest BCUT2D eigenvalue weighted by atomic mass is 32.2. The Morgan fingerprint density at radius 3 is 2.32 bits per heavy atom. The van der Waals surface area contributed by atoms with Gasteiger partial charge in [-0.1, -0.05) is 0 Å². The molecule has 0 aromatic heterocycles. The summed E-state index contributed by atoms with van der Waals surface area (Å²) in [7, 11) is -3.32. The van der Waals surface area contributed by atoms with Crippen molar-refractivity contribution in [2.45, 2.75) is 45.3 Å². The Bertz CT molecular complexity index is 880. The predicted octanol–water partition coefficient (Wildman–Crippen LogP) is 3.00. The van der Waals surface area contributed by atoms with Gasteiger partial charge in [0.05, 0.1) is 11.3 Å². The molecule has 1 amide bonds. The van der Waals surface area contributed by atoms with Crippen molar-refractivity contribution in [3.8, 4) is 0 Å². The second-order valence-corrected chi connectivity index (χ2v) is 10.6. The number of hydrogen-bond acceptors (Lipinski definition) is 4. The van der Waals surface area contributed by atoms with E-state index >= 15 is 0 Å². The van der Waals surface area contributed by atoms with Crippen LogP contribution in [-0.2, 0) is 16.2 Å². The summed E-state index contributed by atoms with van der Waals surface area (Å²) in [6, 6.07) is 1.78. The van der Waals surface area contributed by atoms with Gasteiger partial charge in [0.15, 0.2) is 0 Å². The highest BCUT2D eigenvalue weighted by Crippen LogP contribution is 2.30. The van der Waals surface area contributed by atoms with E-state index in [9.17, 15) is 30.8 Å². The van der Waals surface area contributed by atoms with Gasteiger partial charge in [0.2, 0.25) is 10.0 Å². The van der Waals surface area contributed by atoms with Crippen molar-refractivity contribution in [3.63, 3.8) is 0 Å². The van der Waals surface area contributed by atoms with Crippen LogP contribution in [-0.4, -0.2) is 56.7 Å². The van der Waals surface area contributed by atoms with E-state index in [1.54, 1.807) is 6.92 Å². The molecule has 31 heavy (non-hydrogen) atoms. The molecule has 1 aromatic carbocycles. The molecule has 1 fully saturated rings. The fourth-order valence-electron chi connectivity index (χ4n) is 3.66. The lowest BCUT2D eigenvalue weighted by atomic mass is 9.95. The summed E-state index contributed by atoms with van der Waals surface area (Å²) in [6.45, 7) is 7.44. The maximum Gasteiger partial charge on any atom is 0.416 e. The molecular weight excluding hydrogens is 438 g/mol. The van der Waals surface area contributed by atoms with E-state index in [2.05, 4.69) is 14.9 Å². The Labute approximate surface area is 180 Å². The second kappa shape index (κ2) is 9.83. The van der Waals surface area contributed by atoms with E-state index in [1.165, 1.54) is 0 Å². The van der Waals surface area contributed by atoms with Crippen molar-refractivity contribution in [2.24, 2.45) is 5.92 Å². The van der Waals surface area contributed by atoms with Crippen LogP contribution < -0.4 is 10.0 Å². The number of alkyl halides is 3. The molecular formula is C20H29F4N3O3S. The molecule has 11 heteroatoms. The summed E-state index contributed by atoms with van der Waals surface area (Å²) in [5.74, 6) is -1.73. The third-order valence-electron chi connectivity index (χ3n) is 5.18. The van der Waals surface area contributed by atoms with Gasteiger partial charge >= 0.3 is 6.18 Å². The van der Waals surface area contributed by atoms with Crippen LogP contribution in [0.15, 0.2) is 18.2 Å². The first-order valence-corrected chi connectivity index (χ1v) is 11.8. The van der Waals surface area contributed by atoms with Gasteiger partial charge in [-0.05, 0) is 70.8 Å². The number of carbonyl (C=O) groups is 1. The van der Waals surface area contributed by atoms with Gasteiger partial charge in [-0.3, -0.25) is 4.79 Å². The van der Waals surface area contributed by atoms with E-state index in [4.69, 9.17) is 0 Å². The zero-order valence-corrected chi connectivity index (χ0v) is 18.7. The molecule has 0 radical (unpaired) electrons. The van der Waals surface area contributed by atoms with Crippen molar-refractivity contribution in [1.29, 1.82) is 0 Å². The number of carbonyl (C=O) groups excluding carboxylic acids is 1. The molecule has 1 aromatic rings. The molecule has 0 saturated carbocycles. The summed E-state index contributed by atoms with van der Waals surface area (Å²) in [5.41, 5.74) is -2.19. The molecule has 1 heterocycles. The lowest BCUT2D eigenvalue weighted by molar-refractivity contribution is -0.137. The lowest BCUT2D eigenvalue weighted by Crippen LogP contribution is -2.53. The predicted molar refractivity (Wildman–Crippen MR) is 110 cm³/mol. The van der Waals surface area contributed by atoms with Crippen LogP contribution in [0, 0.1) is 11.7 Å². The Balaban J connectivity index is 1.85. The Morgan fingerprint density at radius 1 is 1.16 bits per heavy atom. The molecule has 2 N–H and O–H groups in total. The highest BCUT2D eigenvalue weighted by Gasteiger charge is 2.32. The summed E-state index contributed by atoms with van der Waals surface area (Å²) < 4.78 is 78.2. The van der Waals surface area contributed by atoms with Crippen molar-refractivity contribution < 1.29 is 30.8 Å². The van der Waals surface area contributed by atoms with Crippen LogP contribution in [0.25, 0.3) is 0 Å². The number of likely N-dealkylation sites (tertiary alicyclic amines) is 1. The number of nitrogens with one attached hydrogen (secondary N) is 2. The van der Waals surface area contributed by atoms with E-state index in [1.807, 2.05) is 13.8 Å². The highest BCUT2D eigenvalue weighted by molar-refractivity contribution is 7.89. The normalized spacial score (nSPS) is 17.0. The average Bonchev–Trinajstić information content (AvgIpc) is 2.65. The SMILES string of the molecule is CCS(=O)(=O)NC(C)(C)CN1CCC(CNC(=O)c2cc(F)cc(C(F)(F)F)c2)CC1. The van der Waals surface area contributed by atoms with E-state index in [0.29, 0.717) is 31.8 Å². The Kier molecular flexibility index (Phi) is 8.10. The minimum absolute atomic E-state index is 0.00792. The van der Waals surface area contributed by atoms with Gasteiger partial charge in [0.1, 0.15) is 5.82 Å². The Hall–Kier alpha value is -1.72. The fourth-order valence-corrected chi connectivity index (χ4v) is 4.71. The smallest absolute Gasteiger partial charge is 0.352 e. The van der Waals surface area contributed by atoms with Gasteiger partial charge in [0, 0.05) is 24.2 Å². The third kappa shape index (κ3) is 8.04. The van der Waals surface area contributed by atoms with E-state index in [-0.39, 0.29) is 23.8 Å². The zero-order valence-electron chi connectivity index (χ0n) is 17.9. The standard InChI is InChI=1S/C20H29F4N3O3S/c1-4-31(29,30)26-19(2,3)13-27-7-5-14(6-8-27)12-25-18(28)15-9-16(20(22,23)24)11-17(21)10-15/h9-11,14,26H,4-8,12-13H2,1-3H3,(H,25,28). The van der Waals surface area contributed by atoms with Crippen LogP contribution in [0.1, 0.15) is 49.5 Å². The van der Waals surface area contributed by atoms with Crippen molar-refractivity contribution in [2.75, 3.05) is 31.9 Å². The Morgan fingerprint density at radius 2 is 1.77 bits per heavy atom. The van der Waals surface area contributed by atoms with Gasteiger partial charge in [-0.25, -0.2) is 17.5 Å². The number of piperidine rings is 1. The topological polar surface area (TPSA) is 78.5 Å². The number of halogens is 4. The first kappa shape index (κ1) is 25.5. The second-order valence-electron chi connectivity index (χ2n) is 8.55. The summed E-state index contributed by atoms with van der Waals surface area (Å²) in [5, 5.41) is 2.59. The minimum atomic E-state index is -4.73. The molecule has 2 rings (SSSR count). The average molecular weight is 468 g/mol. The van der Waals surface area contributed by atoms with Crippen LogP contribution in [0.2, 0.25) is 0 Å². The number of hydrogen-bond donors (Lipinski definition) is 2. The van der Waals surface area contributed by atoms with Crippen molar-refractivity contribution in [3.05, 3.63) is 35.1 Å². The molecule has 0 atom stereocenters. The summed E-state index contributed by atoms with van der Waals surface area (Å²) in [6.07, 6.45) is -3.25. The number of benzene rings is 1. The summed E-state index contributed by atoms with van der Waals surface area (Å²) in [4.78, 5) is 14.3.